The van der Waals surface area contributed by atoms with E-state index >= 15 is 0 Å². The van der Waals surface area contributed by atoms with Gasteiger partial charge in [-0.2, -0.15) is 0 Å². The van der Waals surface area contributed by atoms with Gasteiger partial charge in [0.25, 0.3) is 0 Å². The standard InChI is InChI=1S/C11H24N4O2S/c1-10-4-8-15(9-5-10)11(12)13-6-3-7-14-18(2,16)17/h10,14H,3-9H2,1-2H3,(H2,12,13). The van der Waals surface area contributed by atoms with Gasteiger partial charge in [-0.15, -0.1) is 0 Å². The highest BCUT2D eigenvalue weighted by Crippen LogP contribution is 2.15. The monoisotopic (exact) mass is 276 g/mol. The number of nitrogens with one attached hydrogen (secondary N) is 1. The second-order valence-electron chi connectivity index (χ2n) is 4.93. The minimum atomic E-state index is -3.09. The quantitative estimate of drug-likeness (QED) is 0.419. The molecule has 0 saturated carbocycles. The third-order valence-electron chi connectivity index (χ3n) is 3.08. The molecular weight excluding hydrogens is 252 g/mol. The highest BCUT2D eigenvalue weighted by molar-refractivity contribution is 7.88. The van der Waals surface area contributed by atoms with Crippen LogP contribution in [0.2, 0.25) is 0 Å². The summed E-state index contributed by atoms with van der Waals surface area (Å²) in [5.74, 6) is 1.36. The first-order valence-electron chi connectivity index (χ1n) is 6.38. The second kappa shape index (κ2) is 6.94. The zero-order valence-electron chi connectivity index (χ0n) is 11.2. The lowest BCUT2D eigenvalue weighted by atomic mass is 10.00. The molecule has 0 aliphatic carbocycles. The van der Waals surface area contributed by atoms with E-state index in [-0.39, 0.29) is 0 Å². The summed E-state index contributed by atoms with van der Waals surface area (Å²) < 4.78 is 24.1. The maximum atomic E-state index is 10.8. The van der Waals surface area contributed by atoms with Crippen LogP contribution in [-0.2, 0) is 10.0 Å². The molecule has 1 aliphatic rings. The van der Waals surface area contributed by atoms with Crippen molar-refractivity contribution in [2.24, 2.45) is 16.6 Å². The Morgan fingerprint density at radius 2 is 2.06 bits per heavy atom. The Morgan fingerprint density at radius 3 is 2.61 bits per heavy atom. The molecule has 7 heteroatoms. The van der Waals surface area contributed by atoms with Gasteiger partial charge in [-0.05, 0) is 25.2 Å². The maximum absolute atomic E-state index is 10.8. The van der Waals surface area contributed by atoms with Gasteiger partial charge in [0.05, 0.1) is 6.26 Å². The largest absolute Gasteiger partial charge is 0.370 e. The lowest BCUT2D eigenvalue weighted by Gasteiger charge is -2.31. The molecule has 6 nitrogen and oxygen atoms in total. The SMILES string of the molecule is CC1CCN(C(N)=NCCCNS(C)(=O)=O)CC1. The number of aliphatic imine (C=N–C) groups is 1. The van der Waals surface area contributed by atoms with Crippen LogP contribution in [0.5, 0.6) is 0 Å². The number of hydrogen-bond donors (Lipinski definition) is 2. The van der Waals surface area contributed by atoms with Crippen LogP contribution in [0, 0.1) is 5.92 Å². The van der Waals surface area contributed by atoms with Gasteiger partial charge in [0.15, 0.2) is 5.96 Å². The van der Waals surface area contributed by atoms with Crippen LogP contribution in [-0.4, -0.2) is 51.7 Å². The van der Waals surface area contributed by atoms with Crippen molar-refractivity contribution in [3.8, 4) is 0 Å². The molecule has 0 amide bonds. The third kappa shape index (κ3) is 6.20. The highest BCUT2D eigenvalue weighted by atomic mass is 32.2. The number of rotatable bonds is 5. The molecule has 18 heavy (non-hydrogen) atoms. The number of likely N-dealkylation sites (tertiary alicyclic amines) is 1. The van der Waals surface area contributed by atoms with Gasteiger partial charge in [0, 0.05) is 26.2 Å². The number of piperidine rings is 1. The van der Waals surface area contributed by atoms with E-state index in [4.69, 9.17) is 5.73 Å². The summed E-state index contributed by atoms with van der Waals surface area (Å²) in [5.41, 5.74) is 5.90. The average Bonchev–Trinajstić information content (AvgIpc) is 2.27. The molecule has 106 valence electrons. The van der Waals surface area contributed by atoms with Gasteiger partial charge in [-0.25, -0.2) is 13.1 Å². The Hall–Kier alpha value is -0.820. The van der Waals surface area contributed by atoms with E-state index in [1.165, 1.54) is 0 Å². The Kier molecular flexibility index (Phi) is 5.87. The van der Waals surface area contributed by atoms with Crippen LogP contribution in [0.1, 0.15) is 26.2 Å². The summed E-state index contributed by atoms with van der Waals surface area (Å²) in [6, 6.07) is 0. The zero-order valence-corrected chi connectivity index (χ0v) is 12.0. The van der Waals surface area contributed by atoms with Gasteiger partial charge >= 0.3 is 0 Å². The van der Waals surface area contributed by atoms with Crippen molar-refractivity contribution < 1.29 is 8.42 Å². The van der Waals surface area contributed by atoms with Crippen molar-refractivity contribution in [1.82, 2.24) is 9.62 Å². The van der Waals surface area contributed by atoms with Gasteiger partial charge in [0.2, 0.25) is 10.0 Å². The van der Waals surface area contributed by atoms with Crippen LogP contribution in [0.15, 0.2) is 4.99 Å². The molecule has 1 fully saturated rings. The second-order valence-corrected chi connectivity index (χ2v) is 6.76. The Balaban J connectivity index is 2.21. The summed E-state index contributed by atoms with van der Waals surface area (Å²) in [6.45, 7) is 5.16. The van der Waals surface area contributed by atoms with Crippen LogP contribution >= 0.6 is 0 Å². The summed E-state index contributed by atoms with van der Waals surface area (Å²) in [5, 5.41) is 0. The average molecular weight is 276 g/mol. The number of nitrogens with zero attached hydrogens (tertiary/aromatic N) is 2. The highest BCUT2D eigenvalue weighted by Gasteiger charge is 2.16. The molecule has 1 rings (SSSR count). The van der Waals surface area contributed by atoms with Gasteiger partial charge in [-0.3, -0.25) is 4.99 Å². The minimum Gasteiger partial charge on any atom is -0.370 e. The summed E-state index contributed by atoms with van der Waals surface area (Å²) in [4.78, 5) is 6.38. The molecule has 0 spiro atoms. The molecular formula is C11H24N4O2S. The molecule has 3 N–H and O–H groups in total. The van der Waals surface area contributed by atoms with Gasteiger partial charge in [0.1, 0.15) is 0 Å². The van der Waals surface area contributed by atoms with Crippen molar-refractivity contribution in [2.75, 3.05) is 32.4 Å². The molecule has 0 unspecified atom stereocenters. The predicted molar refractivity (Wildman–Crippen MR) is 73.9 cm³/mol. The zero-order chi connectivity index (χ0) is 13.6. The topological polar surface area (TPSA) is 87.8 Å². The van der Waals surface area contributed by atoms with Crippen molar-refractivity contribution in [3.63, 3.8) is 0 Å². The number of hydrogen-bond acceptors (Lipinski definition) is 3. The van der Waals surface area contributed by atoms with E-state index in [9.17, 15) is 8.42 Å². The fraction of sp³-hybridized carbons (Fsp3) is 0.909. The number of guanidine groups is 1. The van der Waals surface area contributed by atoms with Gasteiger partial charge < -0.3 is 10.6 Å². The van der Waals surface area contributed by atoms with E-state index in [0.29, 0.717) is 25.5 Å². The maximum Gasteiger partial charge on any atom is 0.208 e. The Bertz CT molecular complexity index is 373. The number of sulfonamides is 1. The molecule has 1 saturated heterocycles. The fourth-order valence-electron chi connectivity index (χ4n) is 1.87. The van der Waals surface area contributed by atoms with Crippen molar-refractivity contribution in [2.45, 2.75) is 26.2 Å². The van der Waals surface area contributed by atoms with Crippen molar-refractivity contribution in [1.29, 1.82) is 0 Å². The Labute approximate surface area is 110 Å². The summed E-state index contributed by atoms with van der Waals surface area (Å²) in [7, 11) is -3.09. The molecule has 0 aromatic rings. The van der Waals surface area contributed by atoms with Crippen LogP contribution in [0.25, 0.3) is 0 Å². The van der Waals surface area contributed by atoms with Crippen LogP contribution < -0.4 is 10.5 Å². The van der Waals surface area contributed by atoms with Crippen molar-refractivity contribution in [3.05, 3.63) is 0 Å². The van der Waals surface area contributed by atoms with E-state index in [1.807, 2.05) is 0 Å². The first kappa shape index (κ1) is 15.2. The van der Waals surface area contributed by atoms with Crippen LogP contribution in [0.3, 0.4) is 0 Å². The molecule has 1 aliphatic heterocycles. The summed E-state index contributed by atoms with van der Waals surface area (Å²) >= 11 is 0. The normalized spacial score (nSPS) is 19.2. The molecule has 1 heterocycles. The first-order valence-corrected chi connectivity index (χ1v) is 8.27. The van der Waals surface area contributed by atoms with E-state index in [2.05, 4.69) is 21.5 Å². The van der Waals surface area contributed by atoms with E-state index in [1.54, 1.807) is 0 Å². The van der Waals surface area contributed by atoms with Gasteiger partial charge in [-0.1, -0.05) is 6.92 Å². The molecule has 0 aromatic heterocycles. The molecule has 0 radical (unpaired) electrons. The molecule has 0 bridgehead atoms. The lowest BCUT2D eigenvalue weighted by Crippen LogP contribution is -2.42. The van der Waals surface area contributed by atoms with E-state index in [0.717, 1.165) is 38.1 Å². The lowest BCUT2D eigenvalue weighted by molar-refractivity contribution is 0.277. The first-order chi connectivity index (χ1) is 8.38. The third-order valence-corrected chi connectivity index (χ3v) is 3.81. The smallest absolute Gasteiger partial charge is 0.208 e. The molecule has 0 aromatic carbocycles. The summed E-state index contributed by atoms with van der Waals surface area (Å²) in [6.07, 6.45) is 4.13. The van der Waals surface area contributed by atoms with Crippen molar-refractivity contribution >= 4 is 16.0 Å². The number of nitrogens with two attached hydrogens (primary N) is 1. The Morgan fingerprint density at radius 1 is 1.44 bits per heavy atom. The predicted octanol–water partition coefficient (Wildman–Crippen LogP) is -0.0277. The minimum absolute atomic E-state index is 0.409. The molecule has 0 atom stereocenters. The fourth-order valence-corrected chi connectivity index (χ4v) is 2.38. The van der Waals surface area contributed by atoms with Crippen LogP contribution in [0.4, 0.5) is 0 Å². The van der Waals surface area contributed by atoms with E-state index < -0.39 is 10.0 Å².